The number of aryl methyl sites for hydroxylation is 1. The Labute approximate surface area is 239 Å². The fourth-order valence-corrected chi connectivity index (χ4v) is 5.83. The number of hydrogen-bond donors (Lipinski definition) is 1. The minimum Gasteiger partial charge on any atom is -0.497 e. The van der Waals surface area contributed by atoms with E-state index >= 15 is 0 Å². The largest absolute Gasteiger partial charge is 0.497 e. The van der Waals surface area contributed by atoms with Crippen LogP contribution in [0.2, 0.25) is 10.0 Å². The van der Waals surface area contributed by atoms with Gasteiger partial charge in [-0.2, -0.15) is 0 Å². The zero-order valence-corrected chi connectivity index (χ0v) is 24.5. The molecule has 0 fully saturated rings. The molecular weight excluding hydrogens is 561 g/mol. The predicted octanol–water partition coefficient (Wildman–Crippen LogP) is 5.06. The smallest absolute Gasteiger partial charge is 0.264 e. The highest BCUT2D eigenvalue weighted by Crippen LogP contribution is 2.30. The molecule has 0 aromatic heterocycles. The fourth-order valence-electron chi connectivity index (χ4n) is 3.92. The van der Waals surface area contributed by atoms with Gasteiger partial charge in [-0.15, -0.1) is 0 Å². The first kappa shape index (κ1) is 30.3. The lowest BCUT2D eigenvalue weighted by Crippen LogP contribution is -2.51. The summed E-state index contributed by atoms with van der Waals surface area (Å²) in [4.78, 5) is 28.0. The minimum atomic E-state index is -4.22. The van der Waals surface area contributed by atoms with Gasteiger partial charge in [-0.05, 0) is 68.8 Å². The van der Waals surface area contributed by atoms with E-state index in [2.05, 4.69) is 5.32 Å². The lowest BCUT2D eigenvalue weighted by atomic mass is 10.1. The van der Waals surface area contributed by atoms with Crippen LogP contribution < -0.4 is 14.4 Å². The SMILES string of the molecule is CCNC(=O)[C@H](C)N(Cc1cccc(OC)c1)C(=O)CN(c1cc(Cl)cc(Cl)c1)S(=O)(=O)c1ccc(C)cc1. The Morgan fingerprint density at radius 1 is 1.00 bits per heavy atom. The van der Waals surface area contributed by atoms with Gasteiger partial charge in [0.2, 0.25) is 11.8 Å². The molecule has 2 amide bonds. The summed E-state index contributed by atoms with van der Waals surface area (Å²) in [6.45, 7) is 5.03. The van der Waals surface area contributed by atoms with Gasteiger partial charge in [-0.1, -0.05) is 53.0 Å². The summed E-state index contributed by atoms with van der Waals surface area (Å²) in [5, 5.41) is 3.14. The number of sulfonamides is 1. The van der Waals surface area contributed by atoms with Crippen LogP contribution in [0.5, 0.6) is 5.75 Å². The lowest BCUT2D eigenvalue weighted by Gasteiger charge is -2.32. The normalized spacial score (nSPS) is 11.9. The number of likely N-dealkylation sites (N-methyl/N-ethyl adjacent to an activating group) is 1. The summed E-state index contributed by atoms with van der Waals surface area (Å²) in [6, 6.07) is 16.8. The van der Waals surface area contributed by atoms with Crippen LogP contribution in [0.4, 0.5) is 5.69 Å². The Morgan fingerprint density at radius 2 is 1.64 bits per heavy atom. The molecule has 0 aliphatic rings. The second-order valence-corrected chi connectivity index (χ2v) is 11.6. The van der Waals surface area contributed by atoms with Crippen molar-refractivity contribution in [2.24, 2.45) is 0 Å². The quantitative estimate of drug-likeness (QED) is 0.336. The Hall–Kier alpha value is -3.27. The molecule has 8 nitrogen and oxygen atoms in total. The zero-order chi connectivity index (χ0) is 28.7. The molecule has 1 atom stereocenters. The van der Waals surface area contributed by atoms with Gasteiger partial charge in [0.15, 0.2) is 0 Å². The fraction of sp³-hybridized carbons (Fsp3) is 0.286. The van der Waals surface area contributed by atoms with Gasteiger partial charge >= 0.3 is 0 Å². The molecule has 0 unspecified atom stereocenters. The molecule has 3 aromatic carbocycles. The van der Waals surface area contributed by atoms with Crippen molar-refractivity contribution in [2.45, 2.75) is 38.3 Å². The molecule has 208 valence electrons. The number of benzene rings is 3. The maximum atomic E-state index is 13.9. The van der Waals surface area contributed by atoms with E-state index in [0.717, 1.165) is 9.87 Å². The number of amides is 2. The molecule has 11 heteroatoms. The van der Waals surface area contributed by atoms with E-state index in [0.29, 0.717) is 17.9 Å². The zero-order valence-electron chi connectivity index (χ0n) is 22.1. The number of rotatable bonds is 11. The highest BCUT2D eigenvalue weighted by molar-refractivity contribution is 7.92. The van der Waals surface area contributed by atoms with Crippen LogP contribution in [0, 0.1) is 6.92 Å². The third-order valence-corrected chi connectivity index (χ3v) is 8.25. The maximum absolute atomic E-state index is 13.9. The van der Waals surface area contributed by atoms with E-state index in [1.54, 1.807) is 50.2 Å². The van der Waals surface area contributed by atoms with Crippen molar-refractivity contribution in [3.63, 3.8) is 0 Å². The van der Waals surface area contributed by atoms with Gasteiger partial charge < -0.3 is 15.0 Å². The number of nitrogens with one attached hydrogen (secondary N) is 1. The monoisotopic (exact) mass is 591 g/mol. The second kappa shape index (κ2) is 13.2. The van der Waals surface area contributed by atoms with Crippen molar-refractivity contribution >= 4 is 50.7 Å². The van der Waals surface area contributed by atoms with Crippen molar-refractivity contribution in [3.8, 4) is 5.75 Å². The van der Waals surface area contributed by atoms with E-state index in [1.165, 1.54) is 42.3 Å². The average molecular weight is 593 g/mol. The number of ether oxygens (including phenoxy) is 1. The van der Waals surface area contributed by atoms with E-state index in [-0.39, 0.29) is 33.1 Å². The molecule has 0 saturated carbocycles. The standard InChI is InChI=1S/C28H31Cl2N3O5S/c1-5-31-28(35)20(3)32(17-21-7-6-8-25(13-21)38-4)27(34)18-33(24-15-22(29)14-23(30)16-24)39(36,37)26-11-9-19(2)10-12-26/h6-16,20H,5,17-18H2,1-4H3,(H,31,35)/t20-/m0/s1. The van der Waals surface area contributed by atoms with E-state index in [4.69, 9.17) is 27.9 Å². The second-order valence-electron chi connectivity index (χ2n) is 8.90. The summed E-state index contributed by atoms with van der Waals surface area (Å²) >= 11 is 12.4. The van der Waals surface area contributed by atoms with Gasteiger partial charge in [0.05, 0.1) is 17.7 Å². The molecule has 1 N–H and O–H groups in total. The van der Waals surface area contributed by atoms with Crippen molar-refractivity contribution < 1.29 is 22.7 Å². The molecular formula is C28H31Cl2N3O5S. The van der Waals surface area contributed by atoms with Gasteiger partial charge in [0.1, 0.15) is 18.3 Å². The van der Waals surface area contributed by atoms with Crippen LogP contribution in [0.25, 0.3) is 0 Å². The highest BCUT2D eigenvalue weighted by atomic mass is 35.5. The maximum Gasteiger partial charge on any atom is 0.264 e. The number of nitrogens with zero attached hydrogens (tertiary/aromatic N) is 2. The molecule has 0 spiro atoms. The Morgan fingerprint density at radius 3 is 2.23 bits per heavy atom. The molecule has 0 aliphatic heterocycles. The van der Waals surface area contributed by atoms with E-state index in [9.17, 15) is 18.0 Å². The molecule has 0 heterocycles. The number of carbonyl (C=O) groups is 2. The first-order valence-electron chi connectivity index (χ1n) is 12.2. The molecule has 3 rings (SSSR count). The summed E-state index contributed by atoms with van der Waals surface area (Å²) in [6.07, 6.45) is 0. The third-order valence-electron chi connectivity index (χ3n) is 6.03. The molecule has 0 aliphatic carbocycles. The minimum absolute atomic E-state index is 0.00637. The Balaban J connectivity index is 2.07. The van der Waals surface area contributed by atoms with Crippen LogP contribution in [-0.4, -0.2) is 51.4 Å². The number of anilines is 1. The van der Waals surface area contributed by atoms with Gasteiger partial charge in [0.25, 0.3) is 10.0 Å². The van der Waals surface area contributed by atoms with Gasteiger partial charge in [0, 0.05) is 23.1 Å². The topological polar surface area (TPSA) is 96.0 Å². The summed E-state index contributed by atoms with van der Waals surface area (Å²) < 4.78 is 33.9. The van der Waals surface area contributed by atoms with Crippen LogP contribution >= 0.6 is 23.2 Å². The third kappa shape index (κ3) is 7.65. The van der Waals surface area contributed by atoms with Crippen molar-refractivity contribution in [1.82, 2.24) is 10.2 Å². The molecule has 0 saturated heterocycles. The predicted molar refractivity (Wildman–Crippen MR) is 154 cm³/mol. The van der Waals surface area contributed by atoms with Crippen LogP contribution in [-0.2, 0) is 26.2 Å². The van der Waals surface area contributed by atoms with Crippen molar-refractivity contribution in [3.05, 3.63) is 87.9 Å². The summed E-state index contributed by atoms with van der Waals surface area (Å²) in [7, 11) is -2.69. The van der Waals surface area contributed by atoms with Crippen molar-refractivity contribution in [2.75, 3.05) is 24.5 Å². The number of hydrogen-bond acceptors (Lipinski definition) is 5. The van der Waals surface area contributed by atoms with E-state index in [1.807, 2.05) is 6.92 Å². The molecule has 39 heavy (non-hydrogen) atoms. The number of halogens is 2. The summed E-state index contributed by atoms with van der Waals surface area (Å²) in [5.41, 5.74) is 1.70. The highest BCUT2D eigenvalue weighted by Gasteiger charge is 2.32. The van der Waals surface area contributed by atoms with Crippen molar-refractivity contribution in [1.29, 1.82) is 0 Å². The van der Waals surface area contributed by atoms with Crippen LogP contribution in [0.15, 0.2) is 71.6 Å². The van der Waals surface area contributed by atoms with Gasteiger partial charge in [-0.25, -0.2) is 8.42 Å². The number of methoxy groups -OCH3 is 1. The Bertz CT molecular complexity index is 1410. The average Bonchev–Trinajstić information content (AvgIpc) is 2.89. The number of carbonyl (C=O) groups excluding carboxylic acids is 2. The van der Waals surface area contributed by atoms with Crippen LogP contribution in [0.3, 0.4) is 0 Å². The first-order valence-corrected chi connectivity index (χ1v) is 14.4. The lowest BCUT2D eigenvalue weighted by molar-refractivity contribution is -0.139. The first-order chi connectivity index (χ1) is 18.5. The molecule has 0 radical (unpaired) electrons. The summed E-state index contributed by atoms with van der Waals surface area (Å²) in [5.74, 6) is -0.376. The molecule has 3 aromatic rings. The molecule has 0 bridgehead atoms. The van der Waals surface area contributed by atoms with Gasteiger partial charge in [-0.3, -0.25) is 13.9 Å². The Kier molecular flexibility index (Phi) is 10.2. The van der Waals surface area contributed by atoms with Crippen LogP contribution in [0.1, 0.15) is 25.0 Å². The van der Waals surface area contributed by atoms with E-state index < -0.39 is 28.5 Å².